The van der Waals surface area contributed by atoms with Gasteiger partial charge in [-0.2, -0.15) is 0 Å². The summed E-state index contributed by atoms with van der Waals surface area (Å²) < 4.78 is 6.11. The molecule has 0 aromatic heterocycles. The Morgan fingerprint density at radius 3 is 2.85 bits per heavy atom. The van der Waals surface area contributed by atoms with Gasteiger partial charge in [0.15, 0.2) is 0 Å². The summed E-state index contributed by atoms with van der Waals surface area (Å²) in [6.07, 6.45) is 1.59. The maximum absolute atomic E-state index is 6.11. The first-order chi connectivity index (χ1) is 9.52. The number of ether oxygens (including phenoxy) is 1. The number of hydrogen-bond acceptors (Lipinski definition) is 3. The van der Waals surface area contributed by atoms with E-state index >= 15 is 0 Å². The van der Waals surface area contributed by atoms with Gasteiger partial charge in [-0.05, 0) is 36.4 Å². The first kappa shape index (κ1) is 13.7. The molecule has 1 N–H and O–H groups in total. The molecule has 0 aliphatic carbocycles. The smallest absolute Gasteiger partial charge is 0.142 e. The zero-order chi connectivity index (χ0) is 14.2. The quantitative estimate of drug-likeness (QED) is 0.896. The zero-order valence-corrected chi connectivity index (χ0v) is 12.9. The summed E-state index contributed by atoms with van der Waals surface area (Å²) in [5.74, 6) is 1.81. The molecule has 2 unspecified atom stereocenters. The number of para-hydroxylation sites is 2. The normalized spacial score (nSPS) is 26.8. The van der Waals surface area contributed by atoms with Crippen molar-refractivity contribution in [1.29, 1.82) is 0 Å². The van der Waals surface area contributed by atoms with Crippen LogP contribution in [0.2, 0.25) is 0 Å². The number of nitrogens with zero attached hydrogens (tertiary/aromatic N) is 1. The van der Waals surface area contributed by atoms with Gasteiger partial charge in [0.05, 0.1) is 12.2 Å². The van der Waals surface area contributed by atoms with Crippen LogP contribution in [-0.4, -0.2) is 37.2 Å². The van der Waals surface area contributed by atoms with Crippen LogP contribution in [0.1, 0.15) is 27.2 Å². The van der Waals surface area contributed by atoms with Crippen molar-refractivity contribution < 1.29 is 4.74 Å². The highest BCUT2D eigenvalue weighted by Crippen LogP contribution is 2.34. The molecular weight excluding hydrogens is 248 g/mol. The second-order valence-corrected chi connectivity index (χ2v) is 7.23. The molecule has 1 aromatic rings. The molecule has 0 amide bonds. The fourth-order valence-corrected chi connectivity index (χ4v) is 3.26. The molecule has 1 aromatic carbocycles. The van der Waals surface area contributed by atoms with E-state index in [1.54, 1.807) is 0 Å². The summed E-state index contributed by atoms with van der Waals surface area (Å²) >= 11 is 0. The summed E-state index contributed by atoms with van der Waals surface area (Å²) in [6.45, 7) is 11.4. The van der Waals surface area contributed by atoms with Crippen molar-refractivity contribution in [2.75, 3.05) is 31.5 Å². The van der Waals surface area contributed by atoms with Crippen LogP contribution < -0.4 is 10.1 Å². The van der Waals surface area contributed by atoms with Crippen molar-refractivity contribution in [3.05, 3.63) is 24.3 Å². The van der Waals surface area contributed by atoms with Crippen molar-refractivity contribution in [1.82, 2.24) is 4.90 Å². The van der Waals surface area contributed by atoms with Crippen LogP contribution in [0.4, 0.5) is 5.69 Å². The Kier molecular flexibility index (Phi) is 3.63. The molecular formula is C17H26N2O. The summed E-state index contributed by atoms with van der Waals surface area (Å²) in [5, 5.41) is 3.48. The van der Waals surface area contributed by atoms with E-state index in [4.69, 9.17) is 4.74 Å². The molecule has 1 fully saturated rings. The van der Waals surface area contributed by atoms with E-state index in [1.165, 1.54) is 19.5 Å². The third kappa shape index (κ3) is 2.93. The predicted molar refractivity (Wildman–Crippen MR) is 83.3 cm³/mol. The Hall–Kier alpha value is -1.22. The molecule has 0 spiro atoms. The van der Waals surface area contributed by atoms with Crippen molar-refractivity contribution in [2.24, 2.45) is 11.3 Å². The molecule has 3 nitrogen and oxygen atoms in total. The average Bonchev–Trinajstić information content (AvgIpc) is 2.87. The summed E-state index contributed by atoms with van der Waals surface area (Å²) in [6, 6.07) is 8.21. The van der Waals surface area contributed by atoms with E-state index in [0.29, 0.717) is 5.41 Å². The molecule has 2 heterocycles. The van der Waals surface area contributed by atoms with Crippen molar-refractivity contribution in [3.8, 4) is 5.75 Å². The second-order valence-electron chi connectivity index (χ2n) is 7.23. The Morgan fingerprint density at radius 2 is 2.10 bits per heavy atom. The van der Waals surface area contributed by atoms with E-state index in [9.17, 15) is 0 Å². The van der Waals surface area contributed by atoms with Gasteiger partial charge in [0.25, 0.3) is 0 Å². The lowest BCUT2D eigenvalue weighted by atomic mass is 9.80. The van der Waals surface area contributed by atoms with E-state index in [1.807, 2.05) is 12.1 Å². The number of benzene rings is 1. The molecule has 0 bridgehead atoms. The molecule has 110 valence electrons. The van der Waals surface area contributed by atoms with Crippen LogP contribution in [0.15, 0.2) is 24.3 Å². The number of likely N-dealkylation sites (tertiary alicyclic amines) is 1. The van der Waals surface area contributed by atoms with E-state index in [2.05, 4.69) is 43.1 Å². The zero-order valence-electron chi connectivity index (χ0n) is 12.9. The lowest BCUT2D eigenvalue weighted by Crippen LogP contribution is -2.41. The van der Waals surface area contributed by atoms with Gasteiger partial charge >= 0.3 is 0 Å². The highest BCUT2D eigenvalue weighted by molar-refractivity contribution is 5.57. The van der Waals surface area contributed by atoms with Crippen LogP contribution in [0.3, 0.4) is 0 Å². The first-order valence-electron chi connectivity index (χ1n) is 7.74. The average molecular weight is 274 g/mol. The van der Waals surface area contributed by atoms with Crippen LogP contribution in [0, 0.1) is 11.3 Å². The Bertz CT molecular complexity index is 466. The summed E-state index contributed by atoms with van der Waals surface area (Å²) in [4.78, 5) is 2.57. The molecule has 3 rings (SSSR count). The molecule has 3 heteroatoms. The number of rotatable bonds is 2. The van der Waals surface area contributed by atoms with E-state index in [0.717, 1.165) is 30.4 Å². The van der Waals surface area contributed by atoms with Gasteiger partial charge < -0.3 is 10.1 Å². The van der Waals surface area contributed by atoms with Crippen molar-refractivity contribution in [3.63, 3.8) is 0 Å². The number of anilines is 1. The highest BCUT2D eigenvalue weighted by Gasteiger charge is 2.33. The predicted octanol–water partition coefficient (Wildman–Crippen LogP) is 3.23. The fraction of sp³-hybridized carbons (Fsp3) is 0.647. The molecule has 2 aliphatic rings. The van der Waals surface area contributed by atoms with Crippen LogP contribution in [-0.2, 0) is 0 Å². The maximum Gasteiger partial charge on any atom is 0.142 e. The van der Waals surface area contributed by atoms with Gasteiger partial charge in [-0.1, -0.05) is 32.9 Å². The third-order valence-corrected chi connectivity index (χ3v) is 4.66. The molecule has 0 radical (unpaired) electrons. The van der Waals surface area contributed by atoms with Gasteiger partial charge in [-0.3, -0.25) is 4.90 Å². The van der Waals surface area contributed by atoms with E-state index in [-0.39, 0.29) is 6.10 Å². The minimum atomic E-state index is 0.267. The number of hydrogen-bond donors (Lipinski definition) is 1. The monoisotopic (exact) mass is 274 g/mol. The topological polar surface area (TPSA) is 24.5 Å². The summed E-state index contributed by atoms with van der Waals surface area (Å²) in [5.41, 5.74) is 1.55. The van der Waals surface area contributed by atoms with Crippen LogP contribution in [0.25, 0.3) is 0 Å². The molecule has 2 atom stereocenters. The standard InChI is InChI=1S/C17H26N2O/c1-17(2,3)13-8-9-19(11-13)12-14-10-18-15-6-4-5-7-16(15)20-14/h4-7,13-14,18H,8-12H2,1-3H3. The fourth-order valence-electron chi connectivity index (χ4n) is 3.26. The lowest BCUT2D eigenvalue weighted by Gasteiger charge is -2.31. The lowest BCUT2D eigenvalue weighted by molar-refractivity contribution is 0.141. The minimum Gasteiger partial charge on any atom is -0.485 e. The molecule has 20 heavy (non-hydrogen) atoms. The Labute approximate surface area is 122 Å². The number of nitrogens with one attached hydrogen (secondary N) is 1. The van der Waals surface area contributed by atoms with Gasteiger partial charge in [0, 0.05) is 13.1 Å². The first-order valence-corrected chi connectivity index (χ1v) is 7.74. The minimum absolute atomic E-state index is 0.267. The molecule has 2 aliphatic heterocycles. The maximum atomic E-state index is 6.11. The summed E-state index contributed by atoms with van der Waals surface area (Å²) in [7, 11) is 0. The SMILES string of the molecule is CC(C)(C)C1CCN(CC2CNc3ccccc3O2)C1. The van der Waals surface area contributed by atoms with Crippen LogP contribution in [0.5, 0.6) is 5.75 Å². The van der Waals surface area contributed by atoms with E-state index < -0.39 is 0 Å². The van der Waals surface area contributed by atoms with Gasteiger partial charge in [0.2, 0.25) is 0 Å². The Balaban J connectivity index is 1.56. The second kappa shape index (κ2) is 5.28. The molecule has 1 saturated heterocycles. The van der Waals surface area contributed by atoms with Crippen molar-refractivity contribution >= 4 is 5.69 Å². The van der Waals surface area contributed by atoms with Crippen molar-refractivity contribution in [2.45, 2.75) is 33.3 Å². The number of fused-ring (bicyclic) bond motifs is 1. The van der Waals surface area contributed by atoms with Gasteiger partial charge in [0.1, 0.15) is 11.9 Å². The largest absolute Gasteiger partial charge is 0.485 e. The Morgan fingerprint density at radius 1 is 1.30 bits per heavy atom. The third-order valence-electron chi connectivity index (χ3n) is 4.66. The van der Waals surface area contributed by atoms with Gasteiger partial charge in [-0.15, -0.1) is 0 Å². The van der Waals surface area contributed by atoms with Gasteiger partial charge in [-0.25, -0.2) is 0 Å². The van der Waals surface area contributed by atoms with Crippen LogP contribution >= 0.6 is 0 Å². The highest BCUT2D eigenvalue weighted by atomic mass is 16.5. The molecule has 0 saturated carbocycles.